The van der Waals surface area contributed by atoms with Crippen molar-refractivity contribution >= 4 is 38.6 Å². The molecule has 1 aromatic carbocycles. The van der Waals surface area contributed by atoms with Gasteiger partial charge in [-0.05, 0) is 45.1 Å². The molecule has 0 atom stereocenters. The van der Waals surface area contributed by atoms with Gasteiger partial charge < -0.3 is 15.4 Å². The Hall–Kier alpha value is -1.20. The molecular formula is C13H15BrN2OS. The maximum Gasteiger partial charge on any atom is 0.121 e. The highest BCUT2D eigenvalue weighted by Gasteiger charge is 2.08. The van der Waals surface area contributed by atoms with Crippen LogP contribution in [0.5, 0.6) is 5.75 Å². The zero-order valence-corrected chi connectivity index (χ0v) is 12.7. The zero-order valence-electron chi connectivity index (χ0n) is 10.3. The Morgan fingerprint density at radius 2 is 2.17 bits per heavy atom. The molecule has 18 heavy (non-hydrogen) atoms. The summed E-state index contributed by atoms with van der Waals surface area (Å²) in [6.07, 6.45) is 0. The van der Waals surface area contributed by atoms with Crippen molar-refractivity contribution in [3.05, 3.63) is 39.0 Å². The SMILES string of the molecule is COc1ccc(N(C)Cc2csc(Br)c2)c(N)c1. The van der Waals surface area contributed by atoms with Crippen molar-refractivity contribution < 1.29 is 4.74 Å². The molecule has 2 N–H and O–H groups in total. The number of hydrogen-bond acceptors (Lipinski definition) is 4. The first-order valence-corrected chi connectivity index (χ1v) is 7.15. The van der Waals surface area contributed by atoms with Gasteiger partial charge in [0, 0.05) is 19.7 Å². The minimum Gasteiger partial charge on any atom is -0.497 e. The first-order valence-electron chi connectivity index (χ1n) is 5.47. The average Bonchev–Trinajstić information content (AvgIpc) is 2.74. The molecule has 0 bridgehead atoms. The molecule has 5 heteroatoms. The van der Waals surface area contributed by atoms with Crippen LogP contribution in [0.15, 0.2) is 33.4 Å². The Balaban J connectivity index is 2.15. The number of nitrogen functional groups attached to an aromatic ring is 1. The summed E-state index contributed by atoms with van der Waals surface area (Å²) in [6.45, 7) is 0.832. The van der Waals surface area contributed by atoms with E-state index in [4.69, 9.17) is 10.5 Å². The van der Waals surface area contributed by atoms with Crippen LogP contribution in [0, 0.1) is 0 Å². The van der Waals surface area contributed by atoms with Crippen LogP contribution in [-0.2, 0) is 6.54 Å². The highest BCUT2D eigenvalue weighted by molar-refractivity contribution is 9.11. The predicted octanol–water partition coefficient (Wildman–Crippen LogP) is 3.74. The van der Waals surface area contributed by atoms with E-state index >= 15 is 0 Å². The van der Waals surface area contributed by atoms with Crippen LogP contribution in [0.4, 0.5) is 11.4 Å². The summed E-state index contributed by atoms with van der Waals surface area (Å²) in [7, 11) is 3.67. The number of ether oxygens (including phenoxy) is 1. The van der Waals surface area contributed by atoms with Gasteiger partial charge in [-0.3, -0.25) is 0 Å². The lowest BCUT2D eigenvalue weighted by Crippen LogP contribution is -2.17. The maximum atomic E-state index is 6.03. The lowest BCUT2D eigenvalue weighted by atomic mass is 10.2. The molecule has 3 nitrogen and oxygen atoms in total. The molecular weight excluding hydrogens is 312 g/mol. The molecule has 0 spiro atoms. The van der Waals surface area contributed by atoms with Gasteiger partial charge in [-0.2, -0.15) is 0 Å². The molecule has 2 aromatic rings. The second-order valence-corrected chi connectivity index (χ2v) is 6.33. The molecule has 0 fully saturated rings. The number of thiophene rings is 1. The zero-order chi connectivity index (χ0) is 13.1. The molecule has 0 aliphatic heterocycles. The van der Waals surface area contributed by atoms with Crippen LogP contribution < -0.4 is 15.4 Å². The van der Waals surface area contributed by atoms with Gasteiger partial charge >= 0.3 is 0 Å². The summed E-state index contributed by atoms with van der Waals surface area (Å²) in [5.74, 6) is 0.780. The van der Waals surface area contributed by atoms with Crippen LogP contribution >= 0.6 is 27.3 Å². The molecule has 1 heterocycles. The van der Waals surface area contributed by atoms with Crippen molar-refractivity contribution in [2.45, 2.75) is 6.54 Å². The third-order valence-electron chi connectivity index (χ3n) is 2.69. The fourth-order valence-corrected chi connectivity index (χ4v) is 3.00. The topological polar surface area (TPSA) is 38.5 Å². The molecule has 96 valence electrons. The summed E-state index contributed by atoms with van der Waals surface area (Å²) >= 11 is 5.16. The fraction of sp³-hybridized carbons (Fsp3) is 0.231. The number of methoxy groups -OCH3 is 1. The molecule has 0 unspecified atom stereocenters. The average molecular weight is 327 g/mol. The van der Waals surface area contributed by atoms with Gasteiger partial charge in [0.1, 0.15) is 5.75 Å². The number of nitrogens with two attached hydrogens (primary N) is 1. The van der Waals surface area contributed by atoms with E-state index < -0.39 is 0 Å². The molecule has 2 rings (SSSR count). The number of benzene rings is 1. The van der Waals surface area contributed by atoms with Crippen molar-refractivity contribution in [3.63, 3.8) is 0 Å². The summed E-state index contributed by atoms with van der Waals surface area (Å²) in [5, 5.41) is 2.14. The number of rotatable bonds is 4. The van der Waals surface area contributed by atoms with Crippen LogP contribution in [0.1, 0.15) is 5.56 Å². The Morgan fingerprint density at radius 1 is 1.39 bits per heavy atom. The summed E-state index contributed by atoms with van der Waals surface area (Å²) in [5.41, 5.74) is 9.04. The van der Waals surface area contributed by atoms with Crippen molar-refractivity contribution in [2.75, 3.05) is 24.8 Å². The van der Waals surface area contributed by atoms with Gasteiger partial charge in [0.2, 0.25) is 0 Å². The van der Waals surface area contributed by atoms with E-state index in [2.05, 4.69) is 32.3 Å². The third kappa shape index (κ3) is 2.97. The Labute approximate surface area is 119 Å². The number of nitrogens with zero attached hydrogens (tertiary/aromatic N) is 1. The summed E-state index contributed by atoms with van der Waals surface area (Å²) in [4.78, 5) is 2.13. The Morgan fingerprint density at radius 3 is 2.72 bits per heavy atom. The molecule has 1 aromatic heterocycles. The van der Waals surface area contributed by atoms with Gasteiger partial charge in [0.25, 0.3) is 0 Å². The Bertz CT molecular complexity index is 542. The fourth-order valence-electron chi connectivity index (χ4n) is 1.79. The van der Waals surface area contributed by atoms with Crippen molar-refractivity contribution in [1.82, 2.24) is 0 Å². The quantitative estimate of drug-likeness (QED) is 0.870. The van der Waals surface area contributed by atoms with Crippen LogP contribution in [0.25, 0.3) is 0 Å². The maximum absolute atomic E-state index is 6.03. The normalized spacial score (nSPS) is 10.4. The van der Waals surface area contributed by atoms with E-state index in [1.807, 2.05) is 25.2 Å². The highest BCUT2D eigenvalue weighted by atomic mass is 79.9. The van der Waals surface area contributed by atoms with Crippen LogP contribution in [0.3, 0.4) is 0 Å². The smallest absolute Gasteiger partial charge is 0.121 e. The number of halogens is 1. The minimum absolute atomic E-state index is 0.728. The van der Waals surface area contributed by atoms with E-state index in [1.54, 1.807) is 18.4 Å². The number of anilines is 2. The van der Waals surface area contributed by atoms with E-state index in [9.17, 15) is 0 Å². The van der Waals surface area contributed by atoms with Gasteiger partial charge in [0.15, 0.2) is 0 Å². The van der Waals surface area contributed by atoms with Crippen molar-refractivity contribution in [1.29, 1.82) is 0 Å². The standard InChI is InChI=1S/C13H15BrN2OS/c1-16(7-9-5-13(14)18-8-9)12-4-3-10(17-2)6-11(12)15/h3-6,8H,7,15H2,1-2H3. The predicted molar refractivity (Wildman–Crippen MR) is 81.5 cm³/mol. The van der Waals surface area contributed by atoms with Crippen molar-refractivity contribution in [2.24, 2.45) is 0 Å². The Kier molecular flexibility index (Phi) is 4.14. The monoisotopic (exact) mass is 326 g/mol. The van der Waals surface area contributed by atoms with Crippen LogP contribution in [-0.4, -0.2) is 14.2 Å². The van der Waals surface area contributed by atoms with E-state index in [0.29, 0.717) is 0 Å². The van der Waals surface area contributed by atoms with E-state index in [-0.39, 0.29) is 0 Å². The molecule has 0 saturated carbocycles. The summed E-state index contributed by atoms with van der Waals surface area (Å²) in [6, 6.07) is 7.87. The first kappa shape index (κ1) is 13.2. The van der Waals surface area contributed by atoms with Crippen molar-refractivity contribution in [3.8, 4) is 5.75 Å². The molecule has 0 saturated heterocycles. The van der Waals surface area contributed by atoms with E-state index in [0.717, 1.165) is 27.5 Å². The molecule has 0 radical (unpaired) electrons. The second kappa shape index (κ2) is 5.63. The molecule has 0 aliphatic carbocycles. The largest absolute Gasteiger partial charge is 0.497 e. The van der Waals surface area contributed by atoms with Crippen LogP contribution in [0.2, 0.25) is 0 Å². The number of hydrogen-bond donors (Lipinski definition) is 1. The third-order valence-corrected chi connectivity index (χ3v) is 4.24. The van der Waals surface area contributed by atoms with Gasteiger partial charge in [-0.25, -0.2) is 0 Å². The van der Waals surface area contributed by atoms with E-state index in [1.165, 1.54) is 5.56 Å². The lowest BCUT2D eigenvalue weighted by molar-refractivity contribution is 0.415. The summed E-state index contributed by atoms with van der Waals surface area (Å²) < 4.78 is 6.30. The minimum atomic E-state index is 0.728. The second-order valence-electron chi connectivity index (χ2n) is 4.04. The first-order chi connectivity index (χ1) is 8.60. The molecule has 0 aliphatic rings. The lowest BCUT2D eigenvalue weighted by Gasteiger charge is -2.21. The van der Waals surface area contributed by atoms with Gasteiger partial charge in [-0.15, -0.1) is 11.3 Å². The van der Waals surface area contributed by atoms with Gasteiger partial charge in [-0.1, -0.05) is 0 Å². The highest BCUT2D eigenvalue weighted by Crippen LogP contribution is 2.29. The van der Waals surface area contributed by atoms with Gasteiger partial charge in [0.05, 0.1) is 22.3 Å². The molecule has 0 amide bonds.